The lowest BCUT2D eigenvalue weighted by atomic mass is 10.2. The summed E-state index contributed by atoms with van der Waals surface area (Å²) in [6, 6.07) is 14.5. The zero-order valence-corrected chi connectivity index (χ0v) is 18.5. The van der Waals surface area contributed by atoms with Crippen molar-refractivity contribution in [1.29, 1.82) is 0 Å². The number of halogens is 1. The minimum atomic E-state index is -3.99. The van der Waals surface area contributed by atoms with Crippen LogP contribution >= 0.6 is 11.6 Å². The number of nitrogens with one attached hydrogen (secondary N) is 1. The van der Waals surface area contributed by atoms with E-state index < -0.39 is 21.8 Å². The van der Waals surface area contributed by atoms with Crippen LogP contribution in [0.25, 0.3) is 0 Å². The van der Waals surface area contributed by atoms with Crippen LogP contribution in [0.5, 0.6) is 5.75 Å². The second-order valence-electron chi connectivity index (χ2n) is 7.00. The molecule has 2 aromatic carbocycles. The number of aromatic nitrogens is 1. The number of imide groups is 1. The summed E-state index contributed by atoms with van der Waals surface area (Å²) in [6.45, 7) is -0.121. The molecule has 4 rings (SSSR count). The first kappa shape index (κ1) is 21.9. The molecule has 32 heavy (non-hydrogen) atoms. The molecular formula is C22H18ClN3O5S. The number of benzene rings is 2. The number of amides is 2. The zero-order valence-electron chi connectivity index (χ0n) is 16.9. The van der Waals surface area contributed by atoms with Crippen LogP contribution in [0, 0.1) is 0 Å². The van der Waals surface area contributed by atoms with Gasteiger partial charge in [-0.05, 0) is 41.5 Å². The fourth-order valence-electron chi connectivity index (χ4n) is 3.36. The molecule has 1 aliphatic rings. The zero-order chi connectivity index (χ0) is 22.9. The number of carbonyl (C=O) groups is 2. The van der Waals surface area contributed by atoms with Crippen molar-refractivity contribution in [2.75, 3.05) is 7.11 Å². The van der Waals surface area contributed by atoms with Crippen LogP contribution in [0.2, 0.25) is 5.02 Å². The van der Waals surface area contributed by atoms with E-state index in [4.69, 9.17) is 16.3 Å². The number of rotatable bonds is 7. The summed E-state index contributed by atoms with van der Waals surface area (Å²) in [5.41, 5.74) is 1.37. The number of hydrogen-bond acceptors (Lipinski definition) is 6. The highest BCUT2D eigenvalue weighted by Gasteiger charge is 2.36. The van der Waals surface area contributed by atoms with Gasteiger partial charge in [0.2, 0.25) is 10.0 Å². The predicted octanol–water partition coefficient (Wildman–Crippen LogP) is 3.02. The third-order valence-electron chi connectivity index (χ3n) is 5.00. The van der Waals surface area contributed by atoms with Crippen LogP contribution in [0.1, 0.15) is 32.0 Å². The van der Waals surface area contributed by atoms with Gasteiger partial charge in [0.15, 0.2) is 0 Å². The van der Waals surface area contributed by atoms with Crippen LogP contribution in [0.3, 0.4) is 0 Å². The molecule has 164 valence electrons. The average Bonchev–Trinajstić information content (AvgIpc) is 3.03. The first-order valence-corrected chi connectivity index (χ1v) is 11.4. The van der Waals surface area contributed by atoms with E-state index >= 15 is 0 Å². The Morgan fingerprint density at radius 1 is 1.06 bits per heavy atom. The largest absolute Gasteiger partial charge is 0.495 e. The van der Waals surface area contributed by atoms with Gasteiger partial charge in [0.05, 0.1) is 19.2 Å². The van der Waals surface area contributed by atoms with E-state index in [9.17, 15) is 18.0 Å². The summed E-state index contributed by atoms with van der Waals surface area (Å²) in [7, 11) is -2.63. The molecule has 0 bridgehead atoms. The molecule has 1 aliphatic heterocycles. The van der Waals surface area contributed by atoms with E-state index in [0.717, 1.165) is 4.90 Å². The third-order valence-corrected chi connectivity index (χ3v) is 6.79. The van der Waals surface area contributed by atoms with Crippen molar-refractivity contribution >= 4 is 33.4 Å². The minimum Gasteiger partial charge on any atom is -0.495 e. The van der Waals surface area contributed by atoms with Crippen molar-refractivity contribution < 1.29 is 22.7 Å². The van der Waals surface area contributed by atoms with Crippen molar-refractivity contribution in [2.45, 2.75) is 18.0 Å². The maximum absolute atomic E-state index is 13.0. The molecule has 8 nitrogen and oxygen atoms in total. The van der Waals surface area contributed by atoms with Gasteiger partial charge in [-0.2, -0.15) is 0 Å². The van der Waals surface area contributed by atoms with E-state index in [1.54, 1.807) is 36.4 Å². The molecular weight excluding hydrogens is 454 g/mol. The monoisotopic (exact) mass is 471 g/mol. The molecule has 0 saturated heterocycles. The molecule has 2 heterocycles. The molecule has 0 fully saturated rings. The Bertz CT molecular complexity index is 1290. The predicted molar refractivity (Wildman–Crippen MR) is 117 cm³/mol. The van der Waals surface area contributed by atoms with Crippen molar-refractivity contribution in [3.05, 3.63) is 88.2 Å². The van der Waals surface area contributed by atoms with Crippen molar-refractivity contribution in [3.63, 3.8) is 0 Å². The number of nitrogens with zero attached hydrogens (tertiary/aromatic N) is 2. The molecule has 3 aromatic rings. The number of pyridine rings is 1. The molecule has 1 N–H and O–H groups in total. The van der Waals surface area contributed by atoms with Gasteiger partial charge in [0.1, 0.15) is 16.3 Å². The van der Waals surface area contributed by atoms with Gasteiger partial charge in [-0.15, -0.1) is 0 Å². The van der Waals surface area contributed by atoms with Gasteiger partial charge in [0.25, 0.3) is 11.8 Å². The topological polar surface area (TPSA) is 106 Å². The standard InChI is InChI=1S/C22H18ClN3O5S/c1-31-18-9-8-14(13-26-21(27)16-6-4-10-24-20(16)22(26)28)11-19(18)32(29,30)25-12-15-5-2-3-7-17(15)23/h2-11,25H,12-13H2,1H3. The lowest BCUT2D eigenvalue weighted by molar-refractivity contribution is 0.0640. The van der Waals surface area contributed by atoms with Crippen molar-refractivity contribution in [3.8, 4) is 5.75 Å². The molecule has 0 radical (unpaired) electrons. The van der Waals surface area contributed by atoms with Crippen LogP contribution in [0.15, 0.2) is 65.7 Å². The summed E-state index contributed by atoms with van der Waals surface area (Å²) >= 11 is 6.11. The fraction of sp³-hybridized carbons (Fsp3) is 0.136. The lowest BCUT2D eigenvalue weighted by Crippen LogP contribution is -2.29. The summed E-state index contributed by atoms with van der Waals surface area (Å²) in [5.74, 6) is -0.873. The van der Waals surface area contributed by atoms with Crippen LogP contribution in [-0.4, -0.2) is 37.2 Å². The summed E-state index contributed by atoms with van der Waals surface area (Å²) in [4.78, 5) is 30.1. The maximum atomic E-state index is 13.0. The Morgan fingerprint density at radius 2 is 1.84 bits per heavy atom. The molecule has 1 aromatic heterocycles. The van der Waals surface area contributed by atoms with Crippen LogP contribution in [-0.2, 0) is 23.1 Å². The van der Waals surface area contributed by atoms with E-state index in [1.807, 2.05) is 0 Å². The molecule has 0 saturated carbocycles. The molecule has 0 spiro atoms. The number of carbonyl (C=O) groups excluding carboxylic acids is 2. The van der Waals surface area contributed by atoms with Gasteiger partial charge >= 0.3 is 0 Å². The van der Waals surface area contributed by atoms with E-state index in [2.05, 4.69) is 9.71 Å². The number of ether oxygens (including phenoxy) is 1. The lowest BCUT2D eigenvalue weighted by Gasteiger charge is -2.16. The highest BCUT2D eigenvalue weighted by Crippen LogP contribution is 2.28. The molecule has 0 unspecified atom stereocenters. The summed E-state index contributed by atoms with van der Waals surface area (Å²) < 4.78 is 33.7. The van der Waals surface area contributed by atoms with Gasteiger partial charge in [-0.3, -0.25) is 19.5 Å². The third kappa shape index (κ3) is 4.10. The highest BCUT2D eigenvalue weighted by atomic mass is 35.5. The van der Waals surface area contributed by atoms with Gasteiger partial charge in [0, 0.05) is 17.8 Å². The van der Waals surface area contributed by atoms with Crippen LogP contribution in [0.4, 0.5) is 0 Å². The Hall–Kier alpha value is -3.27. The number of fused-ring (bicyclic) bond motifs is 1. The van der Waals surface area contributed by atoms with Crippen molar-refractivity contribution in [1.82, 2.24) is 14.6 Å². The smallest absolute Gasteiger partial charge is 0.280 e. The average molecular weight is 472 g/mol. The molecule has 0 atom stereocenters. The quantitative estimate of drug-likeness (QED) is 0.531. The molecule has 2 amide bonds. The second kappa shape index (κ2) is 8.70. The number of methoxy groups -OCH3 is 1. The summed E-state index contributed by atoms with van der Waals surface area (Å²) in [5, 5.41) is 0.440. The van der Waals surface area contributed by atoms with Crippen molar-refractivity contribution in [2.24, 2.45) is 0 Å². The normalized spacial score (nSPS) is 13.4. The highest BCUT2D eigenvalue weighted by molar-refractivity contribution is 7.89. The Balaban J connectivity index is 1.60. The van der Waals surface area contributed by atoms with Gasteiger partial charge in [-0.1, -0.05) is 35.9 Å². The minimum absolute atomic E-state index is 0.0144. The maximum Gasteiger partial charge on any atom is 0.280 e. The number of hydrogen-bond donors (Lipinski definition) is 1. The fourth-order valence-corrected chi connectivity index (χ4v) is 4.79. The Morgan fingerprint density at radius 3 is 2.56 bits per heavy atom. The van der Waals surface area contributed by atoms with Gasteiger partial charge in [-0.25, -0.2) is 13.1 Å². The Kier molecular flexibility index (Phi) is 5.96. The summed E-state index contributed by atoms with van der Waals surface area (Å²) in [6.07, 6.45) is 1.44. The van der Waals surface area contributed by atoms with E-state index in [1.165, 1.54) is 31.5 Å². The van der Waals surface area contributed by atoms with E-state index in [-0.39, 0.29) is 35.0 Å². The second-order valence-corrected chi connectivity index (χ2v) is 9.14. The van der Waals surface area contributed by atoms with Crippen LogP contribution < -0.4 is 9.46 Å². The Labute approximate surface area is 189 Å². The first-order valence-electron chi connectivity index (χ1n) is 9.53. The number of sulfonamides is 1. The van der Waals surface area contributed by atoms with Gasteiger partial charge < -0.3 is 4.74 Å². The SMILES string of the molecule is COc1ccc(CN2C(=O)c3cccnc3C2=O)cc1S(=O)(=O)NCc1ccccc1Cl. The molecule has 10 heteroatoms. The first-order chi connectivity index (χ1) is 15.3. The van der Waals surface area contributed by atoms with E-state index in [0.29, 0.717) is 16.1 Å². The molecule has 0 aliphatic carbocycles.